The van der Waals surface area contributed by atoms with E-state index in [-0.39, 0.29) is 53.4 Å². The van der Waals surface area contributed by atoms with Gasteiger partial charge in [0, 0.05) is 40.2 Å². The van der Waals surface area contributed by atoms with E-state index in [1.165, 1.54) is 51.4 Å². The van der Waals surface area contributed by atoms with Gasteiger partial charge in [0.1, 0.15) is 0 Å². The summed E-state index contributed by atoms with van der Waals surface area (Å²) >= 11 is 0. The summed E-state index contributed by atoms with van der Waals surface area (Å²) in [7, 11) is 0. The van der Waals surface area contributed by atoms with Gasteiger partial charge in [-0.05, 0) is 103 Å². The zero-order valence-corrected chi connectivity index (χ0v) is 20.0. The molecule has 0 spiro atoms. The minimum Gasteiger partial charge on any atom is -0.855 e. The molecule has 24 heavy (non-hydrogen) atoms. The Morgan fingerprint density at radius 3 is 0.625 bits per heavy atom. The van der Waals surface area contributed by atoms with E-state index >= 15 is 0 Å². The third kappa shape index (κ3) is 38.7. The summed E-state index contributed by atoms with van der Waals surface area (Å²) in [4.78, 5) is 0. The number of hydrogen-bond acceptors (Lipinski definition) is 2. The third-order valence-corrected chi connectivity index (χ3v) is 2.67. The zero-order valence-electron chi connectivity index (χ0n) is 15.2. The van der Waals surface area contributed by atoms with Gasteiger partial charge in [-0.15, -0.1) is 13.2 Å². The normalized spacial score (nSPS) is 17.5. The van der Waals surface area contributed by atoms with Crippen LogP contribution in [-0.4, -0.2) is 13.2 Å². The summed E-state index contributed by atoms with van der Waals surface area (Å²) in [6.07, 6.45) is 28.0. The number of hydrogen-bond donors (Lipinski definition) is 0. The summed E-state index contributed by atoms with van der Waals surface area (Å²) in [6.45, 7) is 3.14. The van der Waals surface area contributed by atoms with Crippen LogP contribution in [0, 0.1) is 51.4 Å². The van der Waals surface area contributed by atoms with Crippen molar-refractivity contribution in [2.45, 2.75) is 65.2 Å². The largest absolute Gasteiger partial charge is 0.855 e. The van der Waals surface area contributed by atoms with Gasteiger partial charge in [0.2, 0.25) is 0 Å². The van der Waals surface area contributed by atoms with Gasteiger partial charge in [0.05, 0.1) is 0 Å². The molecule has 2 aliphatic rings. The van der Waals surface area contributed by atoms with Gasteiger partial charge >= 0.3 is 0 Å². The minimum absolute atomic E-state index is 0. The van der Waals surface area contributed by atoms with E-state index in [1.807, 2.05) is 0 Å². The van der Waals surface area contributed by atoms with Crippen molar-refractivity contribution in [1.29, 1.82) is 0 Å². The fraction of sp³-hybridized carbons (Fsp3) is 0.600. The minimum atomic E-state index is 0. The van der Waals surface area contributed by atoms with Crippen LogP contribution in [-0.2, 0) is 40.2 Å². The molecule has 2 rings (SSSR count). The maximum Gasteiger partial charge on any atom is 0 e. The summed E-state index contributed by atoms with van der Waals surface area (Å²) < 4.78 is 0. The van der Waals surface area contributed by atoms with Crippen molar-refractivity contribution in [3.8, 4) is 0 Å². The molecular weight excluding hydrogens is 657 g/mol. The van der Waals surface area contributed by atoms with Crippen LogP contribution in [0.5, 0.6) is 0 Å². The molecule has 2 fully saturated rings. The molecule has 0 heterocycles. The maximum atomic E-state index is 8.93. The Balaban J connectivity index is -0.000000119. The Morgan fingerprint density at radius 2 is 0.542 bits per heavy atom. The van der Waals surface area contributed by atoms with Crippen molar-refractivity contribution in [3.05, 3.63) is 51.4 Å². The van der Waals surface area contributed by atoms with Crippen LogP contribution in [0.15, 0.2) is 0 Å². The molecular formula is C20H34Ir2O2-2. The molecule has 0 aliphatic heterocycles. The van der Waals surface area contributed by atoms with E-state index in [2.05, 4.69) is 51.4 Å². The quantitative estimate of drug-likeness (QED) is 0.391. The van der Waals surface area contributed by atoms with Crippen LogP contribution in [0.4, 0.5) is 0 Å². The monoisotopic (exact) mass is 692 g/mol. The Bertz CT molecular complexity index is 104. The number of rotatable bonds is 0. The Kier molecular flexibility index (Phi) is 48.4. The van der Waals surface area contributed by atoms with Crippen LogP contribution < -0.4 is 10.2 Å². The van der Waals surface area contributed by atoms with Gasteiger partial charge in [-0.3, -0.25) is 0 Å². The first-order valence-corrected chi connectivity index (χ1v) is 8.59. The first kappa shape index (κ1) is 32.9. The summed E-state index contributed by atoms with van der Waals surface area (Å²) in [5.41, 5.74) is 0. The summed E-state index contributed by atoms with van der Waals surface area (Å²) in [6, 6.07) is 0. The van der Waals surface area contributed by atoms with E-state index in [9.17, 15) is 0 Å². The van der Waals surface area contributed by atoms with Crippen molar-refractivity contribution in [3.63, 3.8) is 0 Å². The zero-order chi connectivity index (χ0) is 16.7. The van der Waals surface area contributed by atoms with Gasteiger partial charge in [-0.25, -0.2) is 0 Å². The van der Waals surface area contributed by atoms with Gasteiger partial charge in [0.15, 0.2) is 0 Å². The van der Waals surface area contributed by atoms with Crippen LogP contribution in [0.25, 0.3) is 0 Å². The molecule has 0 bridgehead atoms. The molecule has 0 saturated heterocycles. The summed E-state index contributed by atoms with van der Waals surface area (Å²) in [5, 5.41) is 17.9. The van der Waals surface area contributed by atoms with Crippen LogP contribution in [0.3, 0.4) is 0 Å². The molecule has 2 aliphatic carbocycles. The molecule has 10 radical (unpaired) electrons. The van der Waals surface area contributed by atoms with Crippen molar-refractivity contribution in [1.82, 2.24) is 0 Å². The summed E-state index contributed by atoms with van der Waals surface area (Å²) in [5.74, 6) is 0. The SMILES string of the molecule is CC[O-].CC[O-].[CH]1[CH]CC[CH][CH]CC1.[CH]1[CH]CC[CH][CH]CC1.[Ir].[Ir]. The van der Waals surface area contributed by atoms with Crippen LogP contribution >= 0.6 is 0 Å². The smallest absolute Gasteiger partial charge is 0 e. The molecule has 2 saturated carbocycles. The second-order valence-electron chi connectivity index (χ2n) is 4.77. The fourth-order valence-corrected chi connectivity index (χ4v) is 1.71. The Labute approximate surface area is 179 Å². The average molecular weight is 691 g/mol. The van der Waals surface area contributed by atoms with Gasteiger partial charge in [0.25, 0.3) is 0 Å². The van der Waals surface area contributed by atoms with Crippen molar-refractivity contribution in [2.75, 3.05) is 13.2 Å². The van der Waals surface area contributed by atoms with E-state index in [1.54, 1.807) is 13.8 Å². The standard InChI is InChI=1S/2C8H12.2C2H5O.2Ir/c2*1-2-4-6-8-7-5-3-1;2*1-2-3;;/h2*1-2,7-8H,3-6H2;2*2H2,1H3;;/q;;2*-1;;. The van der Waals surface area contributed by atoms with Crippen molar-refractivity contribution in [2.24, 2.45) is 0 Å². The van der Waals surface area contributed by atoms with Gasteiger partial charge < -0.3 is 10.2 Å². The first-order chi connectivity index (χ1) is 10.8. The predicted octanol–water partition coefficient (Wildman–Crippen LogP) is 3.48. The fourth-order valence-electron chi connectivity index (χ4n) is 1.71. The van der Waals surface area contributed by atoms with E-state index in [0.717, 1.165) is 0 Å². The molecule has 0 unspecified atom stereocenters. The average Bonchev–Trinajstić information content (AvgIpc) is 2.39. The van der Waals surface area contributed by atoms with Crippen molar-refractivity contribution >= 4 is 0 Å². The third-order valence-electron chi connectivity index (χ3n) is 2.67. The molecule has 0 aromatic carbocycles. The molecule has 0 aromatic rings. The Hall–Kier alpha value is 1.22. The Morgan fingerprint density at radius 1 is 0.458 bits per heavy atom. The maximum absolute atomic E-state index is 8.93. The molecule has 146 valence electrons. The molecule has 0 aromatic heterocycles. The van der Waals surface area contributed by atoms with Crippen molar-refractivity contribution < 1.29 is 50.4 Å². The van der Waals surface area contributed by atoms with Gasteiger partial charge in [-0.2, -0.15) is 0 Å². The van der Waals surface area contributed by atoms with E-state index in [0.29, 0.717) is 0 Å². The van der Waals surface area contributed by atoms with Crippen LogP contribution in [0.1, 0.15) is 65.2 Å². The molecule has 0 N–H and O–H groups in total. The molecule has 4 heteroatoms. The van der Waals surface area contributed by atoms with E-state index in [4.69, 9.17) is 10.2 Å². The topological polar surface area (TPSA) is 46.1 Å². The molecule has 2 nitrogen and oxygen atoms in total. The second-order valence-corrected chi connectivity index (χ2v) is 4.77. The van der Waals surface area contributed by atoms with Crippen LogP contribution in [0.2, 0.25) is 0 Å². The second kappa shape index (κ2) is 35.3. The predicted molar refractivity (Wildman–Crippen MR) is 92.4 cm³/mol. The molecule has 0 atom stereocenters. The molecule has 0 amide bonds. The van der Waals surface area contributed by atoms with E-state index < -0.39 is 0 Å². The van der Waals surface area contributed by atoms with Gasteiger partial charge in [-0.1, -0.05) is 13.8 Å². The first-order valence-electron chi connectivity index (χ1n) is 8.59.